The van der Waals surface area contributed by atoms with E-state index in [1.807, 2.05) is 53.6 Å². The molecule has 1 N–H and O–H groups in total. The van der Waals surface area contributed by atoms with Crippen molar-refractivity contribution in [1.82, 2.24) is 39.9 Å². The number of fused-ring (bicyclic) bond motifs is 1. The van der Waals surface area contributed by atoms with E-state index in [9.17, 15) is 24.3 Å². The lowest BCUT2D eigenvalue weighted by molar-refractivity contribution is -0.289. The topological polar surface area (TPSA) is 201 Å². The van der Waals surface area contributed by atoms with Gasteiger partial charge in [0, 0.05) is 52.3 Å². The summed E-state index contributed by atoms with van der Waals surface area (Å²) in [6, 6.07) is 1.99. The number of methoxy groups -OCH3 is 1. The average Bonchev–Trinajstić information content (AvgIpc) is 3.78. The number of likely N-dealkylation sites (N-methyl/N-ethyl adjacent to an activating group) is 1. The minimum atomic E-state index is -1.39. The number of aliphatic hydroxyl groups is 1. The van der Waals surface area contributed by atoms with Crippen LogP contribution in [0.1, 0.15) is 93.9 Å². The number of amides is 2. The van der Waals surface area contributed by atoms with E-state index in [4.69, 9.17) is 23.7 Å². The van der Waals surface area contributed by atoms with Crippen LogP contribution in [0.4, 0.5) is 4.79 Å². The molecule has 2 amide bonds. The minimum Gasteiger partial charge on any atom is -0.458 e. The summed E-state index contributed by atoms with van der Waals surface area (Å²) in [6.45, 7) is 15.2. The first kappa shape index (κ1) is 47.0. The number of carbonyl (C=O) groups is 4. The maximum absolute atomic E-state index is 14.1. The van der Waals surface area contributed by atoms with Crippen molar-refractivity contribution in [3.8, 4) is 11.4 Å². The fourth-order valence-corrected chi connectivity index (χ4v) is 9.23. The second kappa shape index (κ2) is 19.7. The fourth-order valence-electron chi connectivity index (χ4n) is 9.23. The highest BCUT2D eigenvalue weighted by Crippen LogP contribution is 2.41. The first-order chi connectivity index (χ1) is 28.3. The first-order valence-corrected chi connectivity index (χ1v) is 21.2. The molecule has 0 spiro atoms. The summed E-state index contributed by atoms with van der Waals surface area (Å²) >= 11 is 0. The molecule has 3 saturated heterocycles. The highest BCUT2D eigenvalue weighted by Gasteiger charge is 2.59. The van der Waals surface area contributed by atoms with Crippen LogP contribution in [0.5, 0.6) is 0 Å². The van der Waals surface area contributed by atoms with Crippen molar-refractivity contribution in [3.05, 3.63) is 24.5 Å². The molecular weight excluding hydrogens is 777 g/mol. The molecule has 0 aliphatic carbocycles. The fraction of sp³-hybridized carbons (Fsp3) is 0.762. The molecule has 3 fully saturated rings. The molecule has 2 aromatic rings. The number of aryl methyl sites for hydroxylation is 1. The molecule has 5 heterocycles. The number of aliphatic hydroxyl groups excluding tert-OH is 1. The third kappa shape index (κ3) is 10.3. The van der Waals surface area contributed by atoms with Crippen molar-refractivity contribution in [2.45, 2.75) is 160 Å². The van der Waals surface area contributed by atoms with Crippen molar-refractivity contribution >= 4 is 23.8 Å². The Morgan fingerprint density at radius 2 is 1.78 bits per heavy atom. The van der Waals surface area contributed by atoms with Crippen molar-refractivity contribution in [2.24, 2.45) is 11.8 Å². The van der Waals surface area contributed by atoms with Crippen LogP contribution in [0.25, 0.3) is 11.4 Å². The predicted octanol–water partition coefficient (Wildman–Crippen LogP) is 3.51. The van der Waals surface area contributed by atoms with Gasteiger partial charge in [0.1, 0.15) is 35.3 Å². The second-order valence-corrected chi connectivity index (χ2v) is 17.5. The molecule has 18 nitrogen and oxygen atoms in total. The number of hydrogen-bond acceptors (Lipinski definition) is 15. The lowest BCUT2D eigenvalue weighted by Crippen LogP contribution is -2.62. The second-order valence-electron chi connectivity index (χ2n) is 17.5. The van der Waals surface area contributed by atoms with E-state index >= 15 is 0 Å². The monoisotopic (exact) mass is 842 g/mol. The number of ketones is 1. The molecule has 3 unspecified atom stereocenters. The summed E-state index contributed by atoms with van der Waals surface area (Å²) in [5.41, 5.74) is -1.32. The lowest BCUT2D eigenvalue weighted by Gasteiger charge is -2.46. The van der Waals surface area contributed by atoms with Gasteiger partial charge in [-0.15, -0.1) is 10.2 Å². The minimum absolute atomic E-state index is 0.214. The van der Waals surface area contributed by atoms with Gasteiger partial charge in [0.05, 0.1) is 36.1 Å². The zero-order valence-corrected chi connectivity index (χ0v) is 37.1. The Balaban J connectivity index is 1.43. The molecule has 5 rings (SSSR count). The largest absolute Gasteiger partial charge is 0.458 e. The first-order valence-electron chi connectivity index (χ1n) is 21.2. The van der Waals surface area contributed by atoms with Gasteiger partial charge in [-0.2, -0.15) is 5.10 Å². The van der Waals surface area contributed by atoms with Crippen LogP contribution in [0, 0.1) is 11.8 Å². The maximum atomic E-state index is 14.1. The van der Waals surface area contributed by atoms with Gasteiger partial charge in [0.15, 0.2) is 11.9 Å². The number of ether oxygens (including phenoxy) is 5. The quantitative estimate of drug-likeness (QED) is 0.196. The summed E-state index contributed by atoms with van der Waals surface area (Å²) in [6.07, 6.45) is 0.659. The van der Waals surface area contributed by atoms with Crippen LogP contribution >= 0.6 is 0 Å². The summed E-state index contributed by atoms with van der Waals surface area (Å²) in [5.74, 6) is -2.87. The number of cyclic esters (lactones) is 1. The van der Waals surface area contributed by atoms with Crippen molar-refractivity contribution in [1.29, 1.82) is 0 Å². The van der Waals surface area contributed by atoms with Gasteiger partial charge in [-0.1, -0.05) is 19.1 Å². The van der Waals surface area contributed by atoms with Gasteiger partial charge in [0.2, 0.25) is 5.91 Å². The zero-order chi connectivity index (χ0) is 44.1. The number of aromatic nitrogens is 5. The average molecular weight is 843 g/mol. The number of Topliss-reactive ketones (excluding diaryl/α,β-unsaturated/α-hetero) is 1. The molecule has 3 aliphatic heterocycles. The predicted molar refractivity (Wildman–Crippen MR) is 218 cm³/mol. The molecule has 60 heavy (non-hydrogen) atoms. The van der Waals surface area contributed by atoms with Gasteiger partial charge in [-0.05, 0) is 98.9 Å². The molecular formula is C42H66N8O10. The van der Waals surface area contributed by atoms with Gasteiger partial charge in [-0.3, -0.25) is 24.0 Å². The van der Waals surface area contributed by atoms with Crippen LogP contribution in [0.2, 0.25) is 0 Å². The highest BCUT2D eigenvalue weighted by atomic mass is 16.7. The van der Waals surface area contributed by atoms with E-state index in [2.05, 4.69) is 20.5 Å². The van der Waals surface area contributed by atoms with Crippen LogP contribution < -0.4 is 0 Å². The molecule has 3 aliphatic rings. The Morgan fingerprint density at radius 1 is 1.07 bits per heavy atom. The van der Waals surface area contributed by atoms with Crippen molar-refractivity contribution in [3.63, 3.8) is 0 Å². The molecule has 0 radical (unpaired) electrons. The number of nitrogens with zero attached hydrogens (tertiary/aromatic N) is 8. The summed E-state index contributed by atoms with van der Waals surface area (Å²) < 4.78 is 33.0. The Labute approximate surface area is 353 Å². The van der Waals surface area contributed by atoms with E-state index in [-0.39, 0.29) is 43.4 Å². The van der Waals surface area contributed by atoms with E-state index in [0.29, 0.717) is 50.2 Å². The molecule has 334 valence electrons. The lowest BCUT2D eigenvalue weighted by atomic mass is 9.82. The Kier molecular flexibility index (Phi) is 15.4. The summed E-state index contributed by atoms with van der Waals surface area (Å²) in [7, 11) is 5.29. The van der Waals surface area contributed by atoms with Gasteiger partial charge in [0.25, 0.3) is 0 Å². The molecule has 0 saturated carbocycles. The third-order valence-electron chi connectivity index (χ3n) is 12.7. The van der Waals surface area contributed by atoms with Crippen LogP contribution in [0.3, 0.4) is 0 Å². The third-order valence-corrected chi connectivity index (χ3v) is 12.7. The number of rotatable bonds is 11. The van der Waals surface area contributed by atoms with E-state index < -0.39 is 71.7 Å². The van der Waals surface area contributed by atoms with E-state index in [0.717, 1.165) is 0 Å². The van der Waals surface area contributed by atoms with Gasteiger partial charge >= 0.3 is 12.1 Å². The smallest absolute Gasteiger partial charge is 0.410 e. The zero-order valence-electron chi connectivity index (χ0n) is 37.1. The normalized spacial score (nSPS) is 34.8. The highest BCUT2D eigenvalue weighted by molar-refractivity contribution is 5.99. The Hall–Kier alpha value is -4.10. The number of unbranched alkanes of at least 4 members (excludes halogenated alkanes) is 1. The SMILES string of the molecule is CC[C@H]1OC(=O)[C@H](C)C(=O)C[C@@H](O[C@@H]2OC(C)CC(N(C)C)C2O)[C@](C)(OC)C[C@@H](C)CN(C(C)=O)[C@H](C)[C@H]2N(CCCCn3cc(-c4cccnn4)nn3)C(=O)O[C@]12C. The van der Waals surface area contributed by atoms with Crippen LogP contribution in [0.15, 0.2) is 24.5 Å². The maximum Gasteiger partial charge on any atom is 0.410 e. The molecule has 12 atom stereocenters. The van der Waals surface area contributed by atoms with E-state index in [1.54, 1.807) is 45.9 Å². The molecule has 0 aromatic carbocycles. The number of esters is 1. The van der Waals surface area contributed by atoms with Crippen LogP contribution in [-0.4, -0.2) is 163 Å². The van der Waals surface area contributed by atoms with Crippen molar-refractivity contribution < 1.29 is 48.0 Å². The van der Waals surface area contributed by atoms with Crippen molar-refractivity contribution in [2.75, 3.05) is 34.3 Å². The number of carbonyl (C=O) groups excluding carboxylic acids is 4. The van der Waals surface area contributed by atoms with Crippen LogP contribution in [-0.2, 0) is 44.6 Å². The van der Waals surface area contributed by atoms with Gasteiger partial charge < -0.3 is 38.6 Å². The standard InChI is InChI=1S/C42H66N8O10/c1-12-34-42(8)37(49(40(55)60-42)19-14-13-18-48-24-31(45-46-48)30-16-15-17-43-44-30)28(5)50(29(6)51)23-25(2)22-41(7,56-11)35(21-33(52)27(4)38(54)58-34)59-39-36(53)32(47(9)10)20-26(3)57-39/h15-17,24-28,32,34-37,39,53H,12-14,18-23H2,1-11H3/t25-,26?,27-,28-,32?,34-,35-,36?,37-,39+,41-,42-/m1/s1. The molecule has 18 heteroatoms. The summed E-state index contributed by atoms with van der Waals surface area (Å²) in [4.78, 5) is 61.0. The van der Waals surface area contributed by atoms with Gasteiger partial charge in [-0.25, -0.2) is 4.79 Å². The number of hydrogen-bond donors (Lipinski definition) is 1. The molecule has 2 aromatic heterocycles. The Morgan fingerprint density at radius 3 is 2.42 bits per heavy atom. The molecule has 0 bridgehead atoms. The summed E-state index contributed by atoms with van der Waals surface area (Å²) in [5, 5.41) is 27.9. The Bertz CT molecular complexity index is 1780. The van der Waals surface area contributed by atoms with E-state index in [1.165, 1.54) is 21.0 Å².